The number of rotatable bonds is 5. The average molecular weight is 397 g/mol. The number of carboxylic acids is 1. The van der Waals surface area contributed by atoms with Crippen molar-refractivity contribution in [1.29, 1.82) is 0 Å². The van der Waals surface area contributed by atoms with E-state index in [0.29, 0.717) is 0 Å². The zero-order chi connectivity index (χ0) is 21.2. The Morgan fingerprint density at radius 2 is 1.52 bits per heavy atom. The summed E-state index contributed by atoms with van der Waals surface area (Å²) in [7, 11) is 0. The first kappa shape index (κ1) is 20.4. The van der Waals surface area contributed by atoms with Gasteiger partial charge in [0.25, 0.3) is 0 Å². The number of benzene rings is 2. The molecule has 152 valence electrons. The highest BCUT2D eigenvalue weighted by molar-refractivity contribution is 5.86. The van der Waals surface area contributed by atoms with E-state index in [2.05, 4.69) is 5.32 Å². The van der Waals surface area contributed by atoms with Crippen LogP contribution in [0.4, 0.5) is 4.79 Å². The molecule has 1 aliphatic carbocycles. The molecule has 1 amide bonds. The SMILES string of the molecule is CC(C)(C)OC(=O)[C@@H](CC(=O)O)NC(=O)OC1c2ccccc2-c2ccccc21. The third kappa shape index (κ3) is 4.74. The summed E-state index contributed by atoms with van der Waals surface area (Å²) in [5.74, 6) is -2.07. The van der Waals surface area contributed by atoms with Gasteiger partial charge in [0.2, 0.25) is 0 Å². The van der Waals surface area contributed by atoms with Crippen molar-refractivity contribution in [2.45, 2.75) is 44.9 Å². The summed E-state index contributed by atoms with van der Waals surface area (Å²) < 4.78 is 10.8. The van der Waals surface area contributed by atoms with E-state index < -0.39 is 42.2 Å². The van der Waals surface area contributed by atoms with Crippen LogP contribution in [-0.2, 0) is 19.1 Å². The fourth-order valence-corrected chi connectivity index (χ4v) is 3.26. The van der Waals surface area contributed by atoms with Crippen molar-refractivity contribution >= 4 is 18.0 Å². The molecular formula is C22H23NO6. The molecule has 7 heteroatoms. The molecule has 0 aliphatic heterocycles. The molecule has 0 unspecified atom stereocenters. The summed E-state index contributed by atoms with van der Waals surface area (Å²) >= 11 is 0. The number of amides is 1. The summed E-state index contributed by atoms with van der Waals surface area (Å²) in [5, 5.41) is 11.4. The lowest BCUT2D eigenvalue weighted by Crippen LogP contribution is -2.45. The third-order valence-corrected chi connectivity index (χ3v) is 4.36. The second-order valence-corrected chi connectivity index (χ2v) is 7.79. The van der Waals surface area contributed by atoms with E-state index in [1.165, 1.54) is 0 Å². The first-order chi connectivity index (χ1) is 13.7. The number of aliphatic carboxylic acids is 1. The molecule has 7 nitrogen and oxygen atoms in total. The van der Waals surface area contributed by atoms with E-state index in [1.54, 1.807) is 20.8 Å². The van der Waals surface area contributed by atoms with Gasteiger partial charge in [-0.25, -0.2) is 9.59 Å². The van der Waals surface area contributed by atoms with Gasteiger partial charge in [0, 0.05) is 11.1 Å². The van der Waals surface area contributed by atoms with Crippen molar-refractivity contribution < 1.29 is 29.0 Å². The molecule has 29 heavy (non-hydrogen) atoms. The fraction of sp³-hybridized carbons (Fsp3) is 0.318. The van der Waals surface area contributed by atoms with Gasteiger partial charge in [-0.05, 0) is 31.9 Å². The Hall–Kier alpha value is -3.35. The third-order valence-electron chi connectivity index (χ3n) is 4.36. The normalized spacial score (nSPS) is 13.8. The Morgan fingerprint density at radius 1 is 1.00 bits per heavy atom. The first-order valence-corrected chi connectivity index (χ1v) is 9.26. The first-order valence-electron chi connectivity index (χ1n) is 9.26. The molecule has 0 fully saturated rings. The van der Waals surface area contributed by atoms with Crippen LogP contribution in [0, 0.1) is 0 Å². The minimum Gasteiger partial charge on any atom is -0.481 e. The van der Waals surface area contributed by atoms with Crippen LogP contribution in [0.5, 0.6) is 0 Å². The number of esters is 1. The van der Waals surface area contributed by atoms with E-state index in [9.17, 15) is 14.4 Å². The molecule has 0 saturated heterocycles. The van der Waals surface area contributed by atoms with Crippen LogP contribution in [-0.4, -0.2) is 34.8 Å². The van der Waals surface area contributed by atoms with Crippen LogP contribution in [0.25, 0.3) is 11.1 Å². The molecule has 0 aromatic heterocycles. The Balaban J connectivity index is 1.78. The Morgan fingerprint density at radius 3 is 2.00 bits per heavy atom. The molecule has 0 heterocycles. The molecule has 2 aromatic carbocycles. The smallest absolute Gasteiger partial charge is 0.408 e. The standard InChI is InChI=1S/C22H23NO6/c1-22(2,3)29-20(26)17(12-18(24)25)23-21(27)28-19-15-10-6-4-8-13(15)14-9-5-7-11-16(14)19/h4-11,17,19H,12H2,1-3H3,(H,23,27)(H,24,25)/t17-/m1/s1. The van der Waals surface area contributed by atoms with Gasteiger partial charge in [0.1, 0.15) is 11.6 Å². The predicted octanol–water partition coefficient (Wildman–Crippen LogP) is 3.67. The van der Waals surface area contributed by atoms with Crippen molar-refractivity contribution in [3.63, 3.8) is 0 Å². The topological polar surface area (TPSA) is 102 Å². The maximum absolute atomic E-state index is 12.5. The van der Waals surface area contributed by atoms with E-state index >= 15 is 0 Å². The summed E-state index contributed by atoms with van der Waals surface area (Å²) in [6.45, 7) is 4.98. The lowest BCUT2D eigenvalue weighted by atomic mass is 10.1. The van der Waals surface area contributed by atoms with Crippen LogP contribution in [0.15, 0.2) is 48.5 Å². The molecule has 3 rings (SSSR count). The quantitative estimate of drug-likeness (QED) is 0.747. The summed E-state index contributed by atoms with van der Waals surface area (Å²) in [6.07, 6.45) is -2.15. The van der Waals surface area contributed by atoms with Gasteiger partial charge in [-0.3, -0.25) is 4.79 Å². The number of carbonyl (C=O) groups excluding carboxylic acids is 2. The summed E-state index contributed by atoms with van der Waals surface area (Å²) in [5.41, 5.74) is 2.78. The number of alkyl carbamates (subject to hydrolysis) is 1. The van der Waals surface area contributed by atoms with Crippen molar-refractivity contribution in [3.8, 4) is 11.1 Å². The van der Waals surface area contributed by atoms with Gasteiger partial charge in [-0.1, -0.05) is 48.5 Å². The highest BCUT2D eigenvalue weighted by Crippen LogP contribution is 2.45. The number of carboxylic acid groups (broad SMARTS) is 1. The highest BCUT2D eigenvalue weighted by atomic mass is 16.6. The molecule has 0 radical (unpaired) electrons. The van der Waals surface area contributed by atoms with Gasteiger partial charge in [-0.15, -0.1) is 0 Å². The van der Waals surface area contributed by atoms with Gasteiger partial charge in [0.15, 0.2) is 6.10 Å². The minimum atomic E-state index is -1.36. The minimum absolute atomic E-state index is 0.609. The molecule has 1 aliphatic rings. The lowest BCUT2D eigenvalue weighted by molar-refractivity contribution is -0.159. The molecular weight excluding hydrogens is 374 g/mol. The Labute approximate surface area is 168 Å². The Kier molecular flexibility index (Phi) is 5.59. The summed E-state index contributed by atoms with van der Waals surface area (Å²) in [6, 6.07) is 13.8. The number of hydrogen-bond donors (Lipinski definition) is 2. The van der Waals surface area contributed by atoms with Crippen LogP contribution >= 0.6 is 0 Å². The molecule has 2 N–H and O–H groups in total. The predicted molar refractivity (Wildman–Crippen MR) is 105 cm³/mol. The maximum atomic E-state index is 12.5. The molecule has 1 atom stereocenters. The lowest BCUT2D eigenvalue weighted by Gasteiger charge is -2.24. The molecule has 2 aromatic rings. The van der Waals surface area contributed by atoms with Gasteiger partial charge in [0.05, 0.1) is 6.42 Å². The molecule has 0 bridgehead atoms. The van der Waals surface area contributed by atoms with Crippen molar-refractivity contribution in [2.75, 3.05) is 0 Å². The van der Waals surface area contributed by atoms with Gasteiger partial charge < -0.3 is 19.9 Å². The second-order valence-electron chi connectivity index (χ2n) is 7.79. The van der Waals surface area contributed by atoms with Crippen molar-refractivity contribution in [1.82, 2.24) is 5.32 Å². The van der Waals surface area contributed by atoms with E-state index in [4.69, 9.17) is 14.6 Å². The van der Waals surface area contributed by atoms with Crippen LogP contribution in [0.1, 0.15) is 44.4 Å². The monoisotopic (exact) mass is 397 g/mol. The fourth-order valence-electron chi connectivity index (χ4n) is 3.26. The van der Waals surface area contributed by atoms with E-state index in [-0.39, 0.29) is 0 Å². The number of nitrogens with one attached hydrogen (secondary N) is 1. The van der Waals surface area contributed by atoms with E-state index in [1.807, 2.05) is 48.5 Å². The zero-order valence-electron chi connectivity index (χ0n) is 16.5. The van der Waals surface area contributed by atoms with Crippen LogP contribution in [0.2, 0.25) is 0 Å². The Bertz CT molecular complexity index is 901. The largest absolute Gasteiger partial charge is 0.481 e. The van der Waals surface area contributed by atoms with E-state index in [0.717, 1.165) is 22.3 Å². The van der Waals surface area contributed by atoms with Gasteiger partial charge >= 0.3 is 18.0 Å². The van der Waals surface area contributed by atoms with Crippen molar-refractivity contribution in [3.05, 3.63) is 59.7 Å². The zero-order valence-corrected chi connectivity index (χ0v) is 16.5. The van der Waals surface area contributed by atoms with Crippen LogP contribution < -0.4 is 5.32 Å². The molecule has 0 spiro atoms. The van der Waals surface area contributed by atoms with Gasteiger partial charge in [-0.2, -0.15) is 0 Å². The summed E-state index contributed by atoms with van der Waals surface area (Å²) in [4.78, 5) is 36.0. The second kappa shape index (κ2) is 7.95. The number of ether oxygens (including phenoxy) is 2. The number of fused-ring (bicyclic) bond motifs is 3. The maximum Gasteiger partial charge on any atom is 0.408 e. The number of carbonyl (C=O) groups is 3. The average Bonchev–Trinajstić information content (AvgIpc) is 2.94. The van der Waals surface area contributed by atoms with Crippen molar-refractivity contribution in [2.24, 2.45) is 0 Å². The molecule has 0 saturated carbocycles. The highest BCUT2D eigenvalue weighted by Gasteiger charge is 2.34. The number of hydrogen-bond acceptors (Lipinski definition) is 5. The van der Waals surface area contributed by atoms with Crippen LogP contribution in [0.3, 0.4) is 0 Å².